The zero-order valence-corrected chi connectivity index (χ0v) is 16.8. The molecule has 1 saturated heterocycles. The molecule has 1 aromatic rings. The van der Waals surface area contributed by atoms with Crippen molar-refractivity contribution in [3.8, 4) is 5.75 Å². The van der Waals surface area contributed by atoms with Gasteiger partial charge in [0.2, 0.25) is 0 Å². The van der Waals surface area contributed by atoms with E-state index < -0.39 is 0 Å². The van der Waals surface area contributed by atoms with Gasteiger partial charge in [0.15, 0.2) is 0 Å². The van der Waals surface area contributed by atoms with E-state index in [0.29, 0.717) is 33.0 Å². The number of methoxy groups -OCH3 is 1. The second-order valence-electron chi connectivity index (χ2n) is 7.92. The molecule has 0 bridgehead atoms. The molecule has 0 saturated carbocycles. The van der Waals surface area contributed by atoms with E-state index in [1.807, 2.05) is 0 Å². The largest absolute Gasteiger partial charge is 0.511 e. The van der Waals surface area contributed by atoms with Gasteiger partial charge in [-0.3, -0.25) is 4.90 Å². The van der Waals surface area contributed by atoms with Gasteiger partial charge >= 0.3 is 0 Å². The Balaban J connectivity index is 2.32. The molecule has 1 heterocycles. The number of aliphatic hydroxyl groups is 1. The van der Waals surface area contributed by atoms with Crippen molar-refractivity contribution in [1.29, 1.82) is 0 Å². The molecule has 1 N–H and O–H groups in total. The SMILES string of the molecule is C=C(O)[C@@H]1COCCN1Cc1cc(C)c(C(C)(C)C)cc1OCCOC. The summed E-state index contributed by atoms with van der Waals surface area (Å²) in [5.41, 5.74) is 3.68. The van der Waals surface area contributed by atoms with Crippen molar-refractivity contribution in [2.45, 2.75) is 45.7 Å². The Bertz CT molecular complexity index is 621. The van der Waals surface area contributed by atoms with Crippen LogP contribution in [0.4, 0.5) is 0 Å². The highest BCUT2D eigenvalue weighted by molar-refractivity contribution is 5.45. The minimum atomic E-state index is -0.182. The molecular weight excluding hydrogens is 330 g/mol. The maximum Gasteiger partial charge on any atom is 0.124 e. The van der Waals surface area contributed by atoms with Gasteiger partial charge in [-0.05, 0) is 29.5 Å². The third-order valence-corrected chi connectivity index (χ3v) is 4.76. The normalized spacial score (nSPS) is 18.7. The molecule has 26 heavy (non-hydrogen) atoms. The monoisotopic (exact) mass is 363 g/mol. The van der Waals surface area contributed by atoms with Crippen LogP contribution >= 0.6 is 0 Å². The van der Waals surface area contributed by atoms with Gasteiger partial charge in [-0.2, -0.15) is 0 Å². The van der Waals surface area contributed by atoms with Crippen LogP contribution in [0.3, 0.4) is 0 Å². The van der Waals surface area contributed by atoms with Crippen molar-refractivity contribution < 1.29 is 19.3 Å². The molecule has 0 unspecified atom stereocenters. The van der Waals surface area contributed by atoms with Crippen molar-refractivity contribution in [2.24, 2.45) is 0 Å². The molecule has 1 atom stereocenters. The number of hydrogen-bond acceptors (Lipinski definition) is 5. The molecule has 0 aromatic heterocycles. The second-order valence-corrected chi connectivity index (χ2v) is 7.92. The number of aryl methyl sites for hydroxylation is 1. The van der Waals surface area contributed by atoms with Gasteiger partial charge in [-0.1, -0.05) is 33.4 Å². The average molecular weight is 363 g/mol. The quantitative estimate of drug-likeness (QED) is 0.593. The summed E-state index contributed by atoms with van der Waals surface area (Å²) in [5.74, 6) is 1.03. The zero-order chi connectivity index (χ0) is 19.3. The lowest BCUT2D eigenvalue weighted by Crippen LogP contribution is -2.45. The number of hydrogen-bond donors (Lipinski definition) is 1. The number of rotatable bonds is 7. The second kappa shape index (κ2) is 8.89. The van der Waals surface area contributed by atoms with E-state index in [1.54, 1.807) is 7.11 Å². The molecule has 0 spiro atoms. The molecule has 2 rings (SSSR count). The van der Waals surface area contributed by atoms with E-state index in [0.717, 1.165) is 17.9 Å². The Hall–Kier alpha value is -1.56. The Morgan fingerprint density at radius 3 is 2.69 bits per heavy atom. The third kappa shape index (κ3) is 5.22. The molecule has 0 radical (unpaired) electrons. The number of aliphatic hydroxyl groups excluding tert-OH is 1. The first-order valence-corrected chi connectivity index (χ1v) is 9.19. The molecule has 146 valence electrons. The van der Waals surface area contributed by atoms with Crippen LogP contribution in [0, 0.1) is 6.92 Å². The summed E-state index contributed by atoms with van der Waals surface area (Å²) >= 11 is 0. The van der Waals surface area contributed by atoms with Crippen LogP contribution in [0.15, 0.2) is 24.5 Å². The molecule has 1 aromatic carbocycles. The average Bonchev–Trinajstić information content (AvgIpc) is 2.56. The van der Waals surface area contributed by atoms with Crippen molar-refractivity contribution in [1.82, 2.24) is 4.90 Å². The highest BCUT2D eigenvalue weighted by atomic mass is 16.5. The Morgan fingerprint density at radius 2 is 2.08 bits per heavy atom. The van der Waals surface area contributed by atoms with E-state index in [9.17, 15) is 5.11 Å². The lowest BCUT2D eigenvalue weighted by molar-refractivity contribution is -0.0113. The van der Waals surface area contributed by atoms with Gasteiger partial charge in [0.05, 0.1) is 25.9 Å². The standard InChI is InChI=1S/C21H33NO4/c1-15-11-17(13-22-7-8-25-14-19(22)16(2)23)20(26-10-9-24-6)12-18(15)21(3,4)5/h11-12,19,23H,2,7-10,13-14H2,1,3-6H3/t19-/m0/s1. The zero-order valence-electron chi connectivity index (χ0n) is 16.8. The molecule has 0 aliphatic carbocycles. The summed E-state index contributed by atoms with van der Waals surface area (Å²) in [5, 5.41) is 9.91. The van der Waals surface area contributed by atoms with Crippen LogP contribution in [-0.2, 0) is 21.4 Å². The van der Waals surface area contributed by atoms with Gasteiger partial charge < -0.3 is 19.3 Å². The molecule has 0 amide bonds. The molecule has 5 nitrogen and oxygen atoms in total. The van der Waals surface area contributed by atoms with Crippen molar-refractivity contribution in [2.75, 3.05) is 40.1 Å². The number of nitrogens with zero attached hydrogens (tertiary/aromatic N) is 1. The molecular formula is C21H33NO4. The summed E-state index contributed by atoms with van der Waals surface area (Å²) in [7, 11) is 1.67. The van der Waals surface area contributed by atoms with Crippen molar-refractivity contribution in [3.63, 3.8) is 0 Å². The molecule has 1 aliphatic rings. The first-order chi connectivity index (χ1) is 12.2. The lowest BCUT2D eigenvalue weighted by Gasteiger charge is -2.35. The van der Waals surface area contributed by atoms with Crippen LogP contribution in [0.25, 0.3) is 0 Å². The van der Waals surface area contributed by atoms with Crippen molar-refractivity contribution in [3.05, 3.63) is 41.2 Å². The maximum absolute atomic E-state index is 9.91. The predicted octanol–water partition coefficient (Wildman–Crippen LogP) is 3.59. The van der Waals surface area contributed by atoms with E-state index in [2.05, 4.69) is 51.3 Å². The van der Waals surface area contributed by atoms with Crippen LogP contribution in [0.1, 0.15) is 37.5 Å². The predicted molar refractivity (Wildman–Crippen MR) is 104 cm³/mol. The molecule has 1 fully saturated rings. The first-order valence-electron chi connectivity index (χ1n) is 9.19. The highest BCUT2D eigenvalue weighted by Crippen LogP contribution is 2.33. The van der Waals surface area contributed by atoms with Gasteiger partial charge in [-0.25, -0.2) is 0 Å². The van der Waals surface area contributed by atoms with Crippen molar-refractivity contribution >= 4 is 0 Å². The summed E-state index contributed by atoms with van der Waals surface area (Å²) in [6.45, 7) is 16.1. The summed E-state index contributed by atoms with van der Waals surface area (Å²) < 4.78 is 16.7. The Morgan fingerprint density at radius 1 is 1.35 bits per heavy atom. The smallest absolute Gasteiger partial charge is 0.124 e. The first kappa shape index (κ1) is 20.7. The minimum Gasteiger partial charge on any atom is -0.511 e. The number of morpholine rings is 1. The topological polar surface area (TPSA) is 51.2 Å². The number of benzene rings is 1. The van der Waals surface area contributed by atoms with E-state index >= 15 is 0 Å². The molecule has 5 heteroatoms. The summed E-state index contributed by atoms with van der Waals surface area (Å²) in [6.07, 6.45) is 0. The fourth-order valence-corrected chi connectivity index (χ4v) is 3.40. The van der Waals surface area contributed by atoms with Crippen LogP contribution in [0.5, 0.6) is 5.75 Å². The Labute approximate surface area is 157 Å². The third-order valence-electron chi connectivity index (χ3n) is 4.76. The fourth-order valence-electron chi connectivity index (χ4n) is 3.40. The highest BCUT2D eigenvalue weighted by Gasteiger charge is 2.27. The van der Waals surface area contributed by atoms with Gasteiger partial charge in [0, 0.05) is 25.8 Å². The van der Waals surface area contributed by atoms with Crippen LogP contribution < -0.4 is 4.74 Å². The fraction of sp³-hybridized carbons (Fsp3) is 0.619. The van der Waals surface area contributed by atoms with Gasteiger partial charge in [0.1, 0.15) is 18.1 Å². The van der Waals surface area contributed by atoms with E-state index in [-0.39, 0.29) is 17.2 Å². The summed E-state index contributed by atoms with van der Waals surface area (Å²) in [4.78, 5) is 2.19. The van der Waals surface area contributed by atoms with Gasteiger partial charge in [-0.15, -0.1) is 0 Å². The van der Waals surface area contributed by atoms with Crippen LogP contribution in [0.2, 0.25) is 0 Å². The van der Waals surface area contributed by atoms with E-state index in [4.69, 9.17) is 14.2 Å². The van der Waals surface area contributed by atoms with Crippen LogP contribution in [-0.4, -0.2) is 56.1 Å². The lowest BCUT2D eigenvalue weighted by atomic mass is 9.83. The Kier molecular flexibility index (Phi) is 7.09. The van der Waals surface area contributed by atoms with E-state index in [1.165, 1.54) is 11.1 Å². The number of ether oxygens (including phenoxy) is 3. The maximum atomic E-state index is 9.91. The van der Waals surface area contributed by atoms with Gasteiger partial charge in [0.25, 0.3) is 0 Å². The minimum absolute atomic E-state index is 0.0445. The molecule has 1 aliphatic heterocycles. The summed E-state index contributed by atoms with van der Waals surface area (Å²) in [6, 6.07) is 4.18.